The van der Waals surface area contributed by atoms with Gasteiger partial charge in [0.1, 0.15) is 0 Å². The fourth-order valence-electron chi connectivity index (χ4n) is 2.32. The molecule has 0 amide bonds. The van der Waals surface area contributed by atoms with Crippen LogP contribution in [0.5, 0.6) is 0 Å². The molecule has 1 aromatic rings. The molecule has 0 radical (unpaired) electrons. The molecule has 0 saturated carbocycles. The van der Waals surface area contributed by atoms with Gasteiger partial charge in [-0.05, 0) is 31.9 Å². The van der Waals surface area contributed by atoms with Crippen LogP contribution in [0.3, 0.4) is 0 Å². The Balaban J connectivity index is 2.08. The lowest BCUT2D eigenvalue weighted by Crippen LogP contribution is -2.38. The van der Waals surface area contributed by atoms with Gasteiger partial charge in [-0.2, -0.15) is 0 Å². The van der Waals surface area contributed by atoms with Crippen molar-refractivity contribution >= 4 is 0 Å². The minimum atomic E-state index is -2.56. The number of hydrogen-bond donors (Lipinski definition) is 1. The average molecular weight is 225 g/mol. The van der Waals surface area contributed by atoms with Crippen molar-refractivity contribution in [3.8, 4) is 0 Å². The molecule has 0 aromatic heterocycles. The molecule has 0 spiro atoms. The van der Waals surface area contributed by atoms with Gasteiger partial charge < -0.3 is 5.32 Å². The fraction of sp³-hybridized carbons (Fsp3) is 0.538. The van der Waals surface area contributed by atoms with E-state index in [-0.39, 0.29) is 6.04 Å². The summed E-state index contributed by atoms with van der Waals surface area (Å²) in [6.45, 7) is 1.71. The van der Waals surface area contributed by atoms with E-state index in [1.807, 2.05) is 30.3 Å². The Bertz CT molecular complexity index is 332. The van der Waals surface area contributed by atoms with Crippen molar-refractivity contribution in [3.63, 3.8) is 0 Å². The van der Waals surface area contributed by atoms with Crippen LogP contribution in [0, 0.1) is 5.92 Å². The van der Waals surface area contributed by atoms with Crippen LogP contribution < -0.4 is 5.32 Å². The Hall–Kier alpha value is -0.960. The number of nitrogens with one attached hydrogen (secondary N) is 1. The van der Waals surface area contributed by atoms with Crippen LogP contribution in [0.1, 0.15) is 31.4 Å². The molecule has 1 saturated heterocycles. The third-order valence-electron chi connectivity index (χ3n) is 3.32. The molecular formula is C13H17F2N. The van der Waals surface area contributed by atoms with Crippen LogP contribution in [0.4, 0.5) is 8.78 Å². The van der Waals surface area contributed by atoms with Crippen LogP contribution in [-0.4, -0.2) is 12.5 Å². The van der Waals surface area contributed by atoms with Gasteiger partial charge in [-0.25, -0.2) is 8.78 Å². The minimum Gasteiger partial charge on any atom is -0.310 e. The first-order valence-corrected chi connectivity index (χ1v) is 5.73. The van der Waals surface area contributed by atoms with E-state index in [1.54, 1.807) is 0 Å². The predicted molar refractivity (Wildman–Crippen MR) is 60.5 cm³/mol. The number of alkyl halides is 2. The van der Waals surface area contributed by atoms with Crippen molar-refractivity contribution < 1.29 is 8.78 Å². The molecule has 1 aliphatic heterocycles. The molecule has 3 heteroatoms. The van der Waals surface area contributed by atoms with Gasteiger partial charge in [0.15, 0.2) is 0 Å². The zero-order chi connectivity index (χ0) is 11.6. The molecule has 2 rings (SSSR count). The molecule has 2 atom stereocenters. The Morgan fingerprint density at radius 2 is 1.94 bits per heavy atom. The van der Waals surface area contributed by atoms with Crippen LogP contribution in [0.15, 0.2) is 30.3 Å². The summed E-state index contributed by atoms with van der Waals surface area (Å²) in [4.78, 5) is 0. The highest BCUT2D eigenvalue weighted by Gasteiger charge is 2.37. The molecule has 1 heterocycles. The molecule has 1 N–H and O–H groups in total. The Morgan fingerprint density at radius 3 is 2.56 bits per heavy atom. The smallest absolute Gasteiger partial charge is 0.248 e. The number of hydrogen-bond acceptors (Lipinski definition) is 1. The summed E-state index contributed by atoms with van der Waals surface area (Å²) in [5, 5.41) is 3.30. The summed E-state index contributed by atoms with van der Waals surface area (Å²) in [6, 6.07) is 9.90. The fourth-order valence-corrected chi connectivity index (χ4v) is 2.32. The highest BCUT2D eigenvalue weighted by Crippen LogP contribution is 2.36. The van der Waals surface area contributed by atoms with Gasteiger partial charge in [-0.15, -0.1) is 0 Å². The summed E-state index contributed by atoms with van der Waals surface area (Å²) in [6.07, 6.45) is 1.08. The first kappa shape index (κ1) is 11.5. The molecule has 16 heavy (non-hydrogen) atoms. The van der Waals surface area contributed by atoms with E-state index in [1.165, 1.54) is 0 Å². The second-order valence-electron chi connectivity index (χ2n) is 4.59. The lowest BCUT2D eigenvalue weighted by Gasteiger charge is -2.33. The maximum Gasteiger partial charge on any atom is 0.248 e. The van der Waals surface area contributed by atoms with Crippen molar-refractivity contribution in [2.24, 2.45) is 5.92 Å². The van der Waals surface area contributed by atoms with Gasteiger partial charge in [0.2, 0.25) is 5.92 Å². The lowest BCUT2D eigenvalue weighted by molar-refractivity contribution is -0.0561. The van der Waals surface area contributed by atoms with E-state index in [0.29, 0.717) is 19.4 Å². The first-order valence-electron chi connectivity index (χ1n) is 5.73. The van der Waals surface area contributed by atoms with Crippen molar-refractivity contribution in [1.29, 1.82) is 0 Å². The van der Waals surface area contributed by atoms with E-state index in [2.05, 4.69) is 5.32 Å². The number of piperidine rings is 1. The third-order valence-corrected chi connectivity index (χ3v) is 3.32. The first-order chi connectivity index (χ1) is 7.57. The molecule has 1 aromatic carbocycles. The highest BCUT2D eigenvalue weighted by molar-refractivity contribution is 5.19. The van der Waals surface area contributed by atoms with Crippen molar-refractivity contribution in [2.75, 3.05) is 6.54 Å². The quantitative estimate of drug-likeness (QED) is 0.813. The number of rotatable bonds is 2. The van der Waals surface area contributed by atoms with E-state index < -0.39 is 11.8 Å². The monoisotopic (exact) mass is 225 g/mol. The van der Waals surface area contributed by atoms with Crippen LogP contribution >= 0.6 is 0 Å². The second kappa shape index (κ2) is 4.50. The van der Waals surface area contributed by atoms with Gasteiger partial charge in [-0.3, -0.25) is 0 Å². The Morgan fingerprint density at radius 1 is 1.25 bits per heavy atom. The van der Waals surface area contributed by atoms with E-state index in [0.717, 1.165) is 12.5 Å². The van der Waals surface area contributed by atoms with Gasteiger partial charge in [0.05, 0.1) is 0 Å². The summed E-state index contributed by atoms with van der Waals surface area (Å²) < 4.78 is 26.5. The molecular weight excluding hydrogens is 208 g/mol. The van der Waals surface area contributed by atoms with Crippen LogP contribution in [0.25, 0.3) is 0 Å². The Labute approximate surface area is 94.9 Å². The molecule has 88 valence electrons. The molecule has 0 bridgehead atoms. The van der Waals surface area contributed by atoms with Crippen molar-refractivity contribution in [1.82, 2.24) is 5.32 Å². The minimum absolute atomic E-state index is 0.0748. The summed E-state index contributed by atoms with van der Waals surface area (Å²) in [7, 11) is 0. The van der Waals surface area contributed by atoms with Crippen LogP contribution in [0.2, 0.25) is 0 Å². The SMILES string of the molecule is CC(F)(F)C1CCNC(c2ccccc2)C1. The number of benzene rings is 1. The third kappa shape index (κ3) is 2.59. The lowest BCUT2D eigenvalue weighted by atomic mass is 9.85. The van der Waals surface area contributed by atoms with Gasteiger partial charge in [-0.1, -0.05) is 30.3 Å². The predicted octanol–water partition coefficient (Wildman–Crippen LogP) is 3.38. The standard InChI is InChI=1S/C13H17F2N/c1-13(14,15)11-7-8-16-12(9-11)10-5-3-2-4-6-10/h2-6,11-12,16H,7-9H2,1H3. The second-order valence-corrected chi connectivity index (χ2v) is 4.59. The molecule has 0 aliphatic carbocycles. The topological polar surface area (TPSA) is 12.0 Å². The van der Waals surface area contributed by atoms with Gasteiger partial charge in [0.25, 0.3) is 0 Å². The zero-order valence-electron chi connectivity index (χ0n) is 9.42. The molecule has 2 unspecified atom stereocenters. The highest BCUT2D eigenvalue weighted by atomic mass is 19.3. The maximum atomic E-state index is 13.3. The maximum absolute atomic E-state index is 13.3. The molecule has 1 nitrogen and oxygen atoms in total. The van der Waals surface area contributed by atoms with Gasteiger partial charge in [0, 0.05) is 12.0 Å². The van der Waals surface area contributed by atoms with Gasteiger partial charge >= 0.3 is 0 Å². The Kier molecular flexibility index (Phi) is 3.24. The number of halogens is 2. The molecule has 1 fully saturated rings. The summed E-state index contributed by atoms with van der Waals surface area (Å²) in [5.74, 6) is -3.06. The molecule has 1 aliphatic rings. The summed E-state index contributed by atoms with van der Waals surface area (Å²) in [5.41, 5.74) is 1.11. The summed E-state index contributed by atoms with van der Waals surface area (Å²) >= 11 is 0. The van der Waals surface area contributed by atoms with E-state index in [4.69, 9.17) is 0 Å². The largest absolute Gasteiger partial charge is 0.310 e. The van der Waals surface area contributed by atoms with Crippen molar-refractivity contribution in [2.45, 2.75) is 31.7 Å². The normalized spacial score (nSPS) is 26.7. The average Bonchev–Trinajstić information content (AvgIpc) is 2.29. The van der Waals surface area contributed by atoms with E-state index in [9.17, 15) is 8.78 Å². The van der Waals surface area contributed by atoms with Crippen LogP contribution in [-0.2, 0) is 0 Å². The van der Waals surface area contributed by atoms with Crippen molar-refractivity contribution in [3.05, 3.63) is 35.9 Å². The zero-order valence-corrected chi connectivity index (χ0v) is 9.42. The van der Waals surface area contributed by atoms with E-state index >= 15 is 0 Å².